The van der Waals surface area contributed by atoms with Crippen LogP contribution < -0.4 is 39.2 Å². The summed E-state index contributed by atoms with van der Waals surface area (Å²) in [6, 6.07) is 1.35. The lowest BCUT2D eigenvalue weighted by Gasteiger charge is -2.56. The minimum atomic E-state index is -0.214. The topological polar surface area (TPSA) is 208 Å². The minimum absolute atomic E-state index is 0. The Morgan fingerprint density at radius 3 is 0.680 bits per heavy atom. The van der Waals surface area contributed by atoms with E-state index in [1.807, 2.05) is 0 Å². The van der Waals surface area contributed by atoms with Crippen molar-refractivity contribution in [2.75, 3.05) is 151 Å². The summed E-state index contributed by atoms with van der Waals surface area (Å²) in [6.07, 6.45) is 42.2. The molecule has 8 heterocycles. The molecule has 0 amide bonds. The van der Waals surface area contributed by atoms with E-state index in [9.17, 15) is 0 Å². The van der Waals surface area contributed by atoms with Gasteiger partial charge in [0.15, 0.2) is 0 Å². The van der Waals surface area contributed by atoms with Gasteiger partial charge in [0, 0.05) is 162 Å². The van der Waals surface area contributed by atoms with Crippen molar-refractivity contribution in [3.63, 3.8) is 0 Å². The fourth-order valence-electron chi connectivity index (χ4n) is 24.7. The zero-order chi connectivity index (χ0) is 109. The molecular formula is C119H235N23O5. The quantitative estimate of drug-likeness (QED) is 0.0380. The Morgan fingerprint density at radius 2 is 0.449 bits per heavy atom. The van der Waals surface area contributed by atoms with E-state index in [4.69, 9.17) is 69.0 Å². The molecule has 8 rings (SSSR count). The van der Waals surface area contributed by atoms with Crippen molar-refractivity contribution in [1.82, 2.24) is 75.1 Å². The monoisotopic (exact) mass is 2070 g/mol. The predicted octanol–water partition coefficient (Wildman–Crippen LogP) is 28.7. The number of rotatable bonds is 65. The molecule has 5 fully saturated rings. The predicted molar refractivity (Wildman–Crippen MR) is 634 cm³/mol. The summed E-state index contributed by atoms with van der Waals surface area (Å²) in [6.45, 7) is 97.1. The summed E-state index contributed by atoms with van der Waals surface area (Å²) in [5, 5.41) is 11.5. The maximum Gasteiger partial charge on any atom is 0.241 e. The molecule has 28 nitrogen and oxygen atoms in total. The van der Waals surface area contributed by atoms with Gasteiger partial charge in [0.25, 0.3) is 0 Å². The fourth-order valence-corrected chi connectivity index (χ4v) is 24.7. The molecule has 0 spiro atoms. The third-order valence-electron chi connectivity index (χ3n) is 30.7. The van der Waals surface area contributed by atoms with Crippen LogP contribution in [0.1, 0.15) is 476 Å². The number of anilines is 8. The van der Waals surface area contributed by atoms with Gasteiger partial charge in [-0.25, -0.2) is 0 Å². The van der Waals surface area contributed by atoms with E-state index >= 15 is 0 Å². The van der Waals surface area contributed by atoms with Crippen molar-refractivity contribution in [2.24, 2.45) is 0 Å². The molecule has 5 aliphatic heterocycles. The molecule has 3 aromatic heterocycles. The third kappa shape index (κ3) is 37.5. The summed E-state index contributed by atoms with van der Waals surface area (Å²) in [7, 11) is 2.32. The molecule has 0 radical (unpaired) electrons. The van der Waals surface area contributed by atoms with Crippen LogP contribution in [0.15, 0.2) is 48.5 Å². The third-order valence-corrected chi connectivity index (χ3v) is 30.7. The number of aryl methyl sites for hydroxylation is 1. The van der Waals surface area contributed by atoms with E-state index in [0.29, 0.717) is 37.1 Å². The zero-order valence-corrected chi connectivity index (χ0v) is 101. The van der Waals surface area contributed by atoms with Gasteiger partial charge in [-0.05, 0) is 339 Å². The highest BCUT2D eigenvalue weighted by Crippen LogP contribution is 2.49. The van der Waals surface area contributed by atoms with Crippen molar-refractivity contribution in [3.8, 4) is 0 Å². The summed E-state index contributed by atoms with van der Waals surface area (Å²) < 4.78 is 0. The van der Waals surface area contributed by atoms with Crippen LogP contribution in [-0.4, -0.2) is 273 Å². The Kier molecular flexibility index (Phi) is 52.4. The number of piperidine rings is 5. The normalized spacial score (nSPS) is 19.4. The molecule has 0 bridgehead atoms. The van der Waals surface area contributed by atoms with Crippen LogP contribution in [0.5, 0.6) is 0 Å². The van der Waals surface area contributed by atoms with E-state index in [-0.39, 0.29) is 91.0 Å². The average Bonchev–Trinajstić information content (AvgIpc) is 0.754. The molecule has 0 N–H and O–H groups in total. The number of aromatic nitrogens is 9. The molecule has 856 valence electrons. The Hall–Kier alpha value is -6.41. The van der Waals surface area contributed by atoms with E-state index in [1.165, 1.54) is 12.8 Å². The number of hydroxylamine groups is 10. The maximum atomic E-state index is 6.64. The lowest BCUT2D eigenvalue weighted by molar-refractivity contribution is -0.287. The van der Waals surface area contributed by atoms with Crippen molar-refractivity contribution in [2.45, 2.75) is 552 Å². The van der Waals surface area contributed by atoms with E-state index in [2.05, 4.69) is 336 Å². The molecule has 0 atom stereocenters. The smallest absolute Gasteiger partial charge is 0.241 e. The van der Waals surface area contributed by atoms with Gasteiger partial charge >= 0.3 is 0 Å². The standard InChI is InChI=1S/C69H132N14O3.C50H87N9O2.8H2/c1-22-30-39-76(40-31-23-2)59-72-60(77(41-32-24-3)42-33-25-4)74-63(73-59)80(58-53-68(18,19)83(86-48-29-8)69(20,21)54-58)45-38-36-35-37-44-79(57-51-66(14,15)82(85-47-28-7)67(16,17)52-57)62-71-55(9)70-61(75-62)78(43-34-26-5)56-49-64(10,11)81(84-46-27-6)65(12,13)50-56;1-16-22-31-55(32-23-17-2)44-51-45(56(33-24-18-3)34-25-19-4)53-46(52-44)57(43-40-49(11,12)59(61-37-21-6)50(13,14)41-43)35-29-27-26-28-30-54(15)42-38-47(7,8)58(60-36-20-5)48(9,10)39-42;;;;;;;;/h56-58H,22-54H2,1-21H3;31-32,42-43H,1-2,18-21,24-30,33-41H2,3-15H3;8*1H. The van der Waals surface area contributed by atoms with Crippen molar-refractivity contribution < 1.29 is 35.6 Å². The molecule has 0 aromatic carbocycles. The summed E-state index contributed by atoms with van der Waals surface area (Å²) >= 11 is 0. The molecular weight excluding hydrogens is 1830 g/mol. The number of hydrogen-bond donors (Lipinski definition) is 0. The highest BCUT2D eigenvalue weighted by molar-refractivity contribution is 5.52. The van der Waals surface area contributed by atoms with Crippen LogP contribution in [0.2, 0.25) is 0 Å². The lowest BCUT2D eigenvalue weighted by atomic mass is 9.78. The van der Waals surface area contributed by atoms with Crippen LogP contribution in [0.25, 0.3) is 0 Å². The van der Waals surface area contributed by atoms with E-state index < -0.39 is 0 Å². The maximum absolute atomic E-state index is 6.64. The van der Waals surface area contributed by atoms with Crippen LogP contribution >= 0.6 is 0 Å². The van der Waals surface area contributed by atoms with Gasteiger partial charge < -0.3 is 39.2 Å². The Bertz CT molecular complexity index is 4320. The van der Waals surface area contributed by atoms with Gasteiger partial charge in [0.1, 0.15) is 5.82 Å². The Morgan fingerprint density at radius 1 is 0.259 bits per heavy atom. The first-order valence-electron chi connectivity index (χ1n) is 59.0. The summed E-state index contributed by atoms with van der Waals surface area (Å²) in [5.74, 6) is 6.80. The first kappa shape index (κ1) is 127. The fraction of sp³-hybridized carbons (Fsp3) is 0.857. The molecule has 5 saturated heterocycles. The van der Waals surface area contributed by atoms with Crippen LogP contribution in [0, 0.1) is 6.92 Å². The summed E-state index contributed by atoms with van der Waals surface area (Å²) in [5.41, 5.74) is 9.82. The van der Waals surface area contributed by atoms with Gasteiger partial charge in [-0.3, -0.25) is 29.1 Å². The van der Waals surface area contributed by atoms with Crippen molar-refractivity contribution in [3.05, 3.63) is 54.3 Å². The molecule has 28 heteroatoms. The second-order valence-corrected chi connectivity index (χ2v) is 49.9. The number of hydrogen-bond acceptors (Lipinski definition) is 28. The van der Waals surface area contributed by atoms with Gasteiger partial charge in [0.05, 0.1) is 45.4 Å². The highest BCUT2D eigenvalue weighted by atomic mass is 16.7. The van der Waals surface area contributed by atoms with Gasteiger partial charge in [-0.2, -0.15) is 70.2 Å². The largest absolute Gasteiger partial charge is 0.341 e. The van der Waals surface area contributed by atoms with E-state index in [1.54, 1.807) is 17.3 Å². The first-order chi connectivity index (χ1) is 69.6. The minimum Gasteiger partial charge on any atom is -0.341 e. The molecule has 5 aliphatic rings. The highest BCUT2D eigenvalue weighted by Gasteiger charge is 2.55. The second-order valence-electron chi connectivity index (χ2n) is 49.9. The molecule has 147 heavy (non-hydrogen) atoms. The van der Waals surface area contributed by atoms with Gasteiger partial charge in [-0.1, -0.05) is 177 Å². The van der Waals surface area contributed by atoms with Crippen molar-refractivity contribution in [1.29, 1.82) is 0 Å². The SMILES string of the molecule is C=C=C=CN(C=C=C=C)c1nc(N(CCCC)CCCC)nc(N(CCCCCCN(C)C2CC(C)(C)N(OCCC)C(C)(C)C2)C2CC(C)(C)N(OCCC)C(C)(C)C2)n1.CCCCN(CCCC)c1nc(N(CCCC)CCCC)nc(N(CCCCCCN(c2nc(C)nc(N(CCCC)C3CC(C)(C)N(OCCC)C(C)(C)C3)n2)C2CC(C)(C)N(OCCC)C(C)(C)C2)C2CC(C)(C)N(OCCC)C(C)(C)C2)n1.[HH].[HH].[HH].[HH].[HH].[HH].[HH].[HH]. The zero-order valence-electron chi connectivity index (χ0n) is 101. The first-order valence-corrected chi connectivity index (χ1v) is 59.0. The van der Waals surface area contributed by atoms with Crippen LogP contribution in [-0.2, 0) is 24.2 Å². The second kappa shape index (κ2) is 60.5. The van der Waals surface area contributed by atoms with Crippen LogP contribution in [0.3, 0.4) is 0 Å². The average molecular weight is 2070 g/mol. The van der Waals surface area contributed by atoms with Gasteiger partial charge in [0.2, 0.25) is 47.6 Å². The summed E-state index contributed by atoms with van der Waals surface area (Å²) in [4.78, 5) is 103. The lowest BCUT2D eigenvalue weighted by Crippen LogP contribution is -2.64. The van der Waals surface area contributed by atoms with E-state index in [0.717, 1.165) is 352 Å². The van der Waals surface area contributed by atoms with Crippen molar-refractivity contribution >= 4 is 47.6 Å². The number of nitrogens with zero attached hydrogens (tertiary/aromatic N) is 23. The Balaban J connectivity index is 0. The molecule has 0 aliphatic carbocycles. The van der Waals surface area contributed by atoms with Gasteiger partial charge in [-0.15, -0.1) is 0 Å². The Labute approximate surface area is 910 Å². The molecule has 3 aromatic rings. The molecule has 0 unspecified atom stereocenters. The number of unbranched alkanes of at least 4 members (excludes halogenated alkanes) is 13. The molecule has 0 saturated carbocycles. The van der Waals surface area contributed by atoms with Crippen LogP contribution in [0.4, 0.5) is 47.6 Å².